The molecule has 2 aromatic carbocycles. The van der Waals surface area contributed by atoms with Crippen LogP contribution in [-0.2, 0) is 0 Å². The summed E-state index contributed by atoms with van der Waals surface area (Å²) in [5.41, 5.74) is 0.608. The van der Waals surface area contributed by atoms with Crippen molar-refractivity contribution < 1.29 is 18.6 Å². The molecule has 25 heavy (non-hydrogen) atoms. The quantitative estimate of drug-likeness (QED) is 0.667. The van der Waals surface area contributed by atoms with Crippen molar-refractivity contribution in [2.45, 2.75) is 18.3 Å². The van der Waals surface area contributed by atoms with E-state index in [9.17, 15) is 9.11 Å². The lowest BCUT2D eigenvalue weighted by Crippen LogP contribution is -2.39. The number of fused-ring (bicyclic) bond motifs is 1. The van der Waals surface area contributed by atoms with Crippen LogP contribution in [0.4, 0.5) is 11.4 Å². The molecule has 1 aliphatic rings. The normalized spacial score (nSPS) is 19.7. The molecule has 0 saturated carbocycles. The molecule has 0 amide bonds. The fraction of sp³-hybridized carbons (Fsp3) is 0.333. The summed E-state index contributed by atoms with van der Waals surface area (Å²) in [6, 6.07) is 14.7. The molecule has 1 atom stereocenters. The van der Waals surface area contributed by atoms with Crippen LogP contribution >= 0.6 is 10.8 Å². The molecule has 3 N–H and O–H groups in total. The fourth-order valence-corrected chi connectivity index (χ4v) is 4.70. The summed E-state index contributed by atoms with van der Waals surface area (Å²) in [6.45, 7) is 0.788. The number of benzene rings is 2. The van der Waals surface area contributed by atoms with Crippen molar-refractivity contribution >= 4 is 22.2 Å². The van der Waals surface area contributed by atoms with Crippen molar-refractivity contribution in [3.63, 3.8) is 0 Å². The van der Waals surface area contributed by atoms with E-state index in [2.05, 4.69) is 5.32 Å². The van der Waals surface area contributed by atoms with Gasteiger partial charge in [-0.2, -0.15) is 0 Å². The third kappa shape index (κ3) is 3.55. The van der Waals surface area contributed by atoms with Gasteiger partial charge < -0.3 is 14.8 Å². The molecule has 0 radical (unpaired) electrons. The molecule has 1 heterocycles. The first kappa shape index (κ1) is 17.9. The summed E-state index contributed by atoms with van der Waals surface area (Å²) in [4.78, 5) is 0. The Hall–Kier alpha value is -1.93. The van der Waals surface area contributed by atoms with Crippen LogP contribution < -0.4 is 19.1 Å². The largest absolute Gasteiger partial charge is 0.497 e. The van der Waals surface area contributed by atoms with Gasteiger partial charge in [0.1, 0.15) is 17.2 Å². The second kappa shape index (κ2) is 7.53. The number of nitrogens with zero attached hydrogens (tertiary/aromatic N) is 1. The standard InChI is InChI=1S/C18H24N2O4S/c1-19-12-6-11-18-24-17-10-4-3-9-16(17)20(25(18,21)22)14-7-5-8-15(13-14)23-2/h3-5,7-10,13,18-19,21-22H,6,11-12H2,1-2H3. The van der Waals surface area contributed by atoms with Gasteiger partial charge in [-0.05, 0) is 44.3 Å². The van der Waals surface area contributed by atoms with Crippen molar-refractivity contribution in [2.24, 2.45) is 0 Å². The van der Waals surface area contributed by atoms with Gasteiger partial charge in [0.25, 0.3) is 0 Å². The van der Waals surface area contributed by atoms with Gasteiger partial charge in [0, 0.05) is 12.5 Å². The van der Waals surface area contributed by atoms with Crippen molar-refractivity contribution in [2.75, 3.05) is 25.0 Å². The third-order valence-electron chi connectivity index (χ3n) is 4.12. The van der Waals surface area contributed by atoms with Crippen LogP contribution in [0, 0.1) is 0 Å². The van der Waals surface area contributed by atoms with Crippen LogP contribution in [0.2, 0.25) is 0 Å². The first-order valence-electron chi connectivity index (χ1n) is 8.19. The Labute approximate surface area is 149 Å². The van der Waals surface area contributed by atoms with Gasteiger partial charge in [0.2, 0.25) is 5.44 Å². The number of methoxy groups -OCH3 is 1. The SMILES string of the molecule is CNCCCC1Oc2ccccc2N(c2cccc(OC)c2)S1(O)O. The average Bonchev–Trinajstić information content (AvgIpc) is 2.62. The number of anilines is 2. The highest BCUT2D eigenvalue weighted by Crippen LogP contribution is 2.61. The van der Waals surface area contributed by atoms with E-state index < -0.39 is 16.2 Å². The predicted octanol–water partition coefficient (Wildman–Crippen LogP) is 4.22. The van der Waals surface area contributed by atoms with Gasteiger partial charge in [-0.3, -0.25) is 9.11 Å². The molecule has 0 fully saturated rings. The molecule has 3 rings (SSSR count). The Morgan fingerprint density at radius 2 is 2.00 bits per heavy atom. The minimum atomic E-state index is -3.21. The van der Waals surface area contributed by atoms with E-state index in [-0.39, 0.29) is 0 Å². The first-order valence-corrected chi connectivity index (χ1v) is 9.76. The van der Waals surface area contributed by atoms with E-state index >= 15 is 0 Å². The van der Waals surface area contributed by atoms with Crippen molar-refractivity contribution in [3.05, 3.63) is 48.5 Å². The average molecular weight is 364 g/mol. The van der Waals surface area contributed by atoms with Crippen LogP contribution in [0.1, 0.15) is 12.8 Å². The molecule has 1 unspecified atom stereocenters. The third-order valence-corrected chi connectivity index (χ3v) is 6.10. The smallest absolute Gasteiger partial charge is 0.206 e. The van der Waals surface area contributed by atoms with E-state index in [1.807, 2.05) is 49.5 Å². The van der Waals surface area contributed by atoms with Crippen LogP contribution in [0.5, 0.6) is 11.5 Å². The van der Waals surface area contributed by atoms with Crippen LogP contribution in [-0.4, -0.2) is 35.2 Å². The Balaban J connectivity index is 2.03. The highest BCUT2D eigenvalue weighted by Gasteiger charge is 2.41. The molecule has 1 aliphatic heterocycles. The first-order chi connectivity index (χ1) is 12.1. The zero-order chi connectivity index (χ0) is 17.9. The van der Waals surface area contributed by atoms with Gasteiger partial charge in [-0.25, -0.2) is 4.31 Å². The number of para-hydroxylation sites is 2. The molecular formula is C18H24N2O4S. The fourth-order valence-electron chi connectivity index (χ4n) is 2.89. The molecule has 0 aromatic heterocycles. The second-order valence-corrected chi connectivity index (χ2v) is 7.83. The van der Waals surface area contributed by atoms with Crippen molar-refractivity contribution in [3.8, 4) is 11.5 Å². The monoisotopic (exact) mass is 364 g/mol. The summed E-state index contributed by atoms with van der Waals surface area (Å²) in [5.74, 6) is 1.30. The van der Waals surface area contributed by atoms with Crippen molar-refractivity contribution in [1.82, 2.24) is 5.32 Å². The summed E-state index contributed by atoms with van der Waals surface area (Å²) in [5, 5.41) is 3.07. The van der Waals surface area contributed by atoms with E-state index in [4.69, 9.17) is 9.47 Å². The number of rotatable bonds is 6. The Morgan fingerprint density at radius 3 is 2.76 bits per heavy atom. The molecule has 0 bridgehead atoms. The molecular weight excluding hydrogens is 340 g/mol. The van der Waals surface area contributed by atoms with E-state index in [0.717, 1.165) is 13.0 Å². The molecule has 0 saturated heterocycles. The summed E-state index contributed by atoms with van der Waals surface area (Å²) in [7, 11) is 0.252. The molecule has 0 aliphatic carbocycles. The molecule has 7 heteroatoms. The maximum absolute atomic E-state index is 11.0. The number of ether oxygens (including phenoxy) is 2. The van der Waals surface area contributed by atoms with Crippen LogP contribution in [0.15, 0.2) is 48.5 Å². The molecule has 6 nitrogen and oxygen atoms in total. The molecule has 136 valence electrons. The molecule has 0 spiro atoms. The van der Waals surface area contributed by atoms with Gasteiger partial charge >= 0.3 is 0 Å². The number of hydrogen-bond donors (Lipinski definition) is 3. The Bertz CT molecular complexity index is 726. The summed E-state index contributed by atoms with van der Waals surface area (Å²) < 4.78 is 34.9. The van der Waals surface area contributed by atoms with E-state index in [0.29, 0.717) is 29.3 Å². The Kier molecular flexibility index (Phi) is 5.39. The highest BCUT2D eigenvalue weighted by molar-refractivity contribution is 8.26. The molecule has 2 aromatic rings. The lowest BCUT2D eigenvalue weighted by Gasteiger charge is -2.51. The minimum absolute atomic E-state index is 0.540. The topological polar surface area (TPSA) is 74.2 Å². The van der Waals surface area contributed by atoms with Gasteiger partial charge in [-0.15, -0.1) is 0 Å². The van der Waals surface area contributed by atoms with Gasteiger partial charge in [0.05, 0.1) is 12.8 Å². The van der Waals surface area contributed by atoms with Crippen molar-refractivity contribution in [1.29, 1.82) is 0 Å². The minimum Gasteiger partial charge on any atom is -0.497 e. The lowest BCUT2D eigenvalue weighted by atomic mass is 10.2. The van der Waals surface area contributed by atoms with Gasteiger partial charge in [-0.1, -0.05) is 29.0 Å². The van der Waals surface area contributed by atoms with Crippen LogP contribution in [0.25, 0.3) is 0 Å². The number of hydrogen-bond acceptors (Lipinski definition) is 6. The van der Waals surface area contributed by atoms with E-state index in [1.165, 1.54) is 0 Å². The number of nitrogens with one attached hydrogen (secondary N) is 1. The zero-order valence-electron chi connectivity index (χ0n) is 14.4. The van der Waals surface area contributed by atoms with E-state index in [1.54, 1.807) is 17.5 Å². The summed E-state index contributed by atoms with van der Waals surface area (Å²) >= 11 is 0. The van der Waals surface area contributed by atoms with Crippen LogP contribution in [0.3, 0.4) is 0 Å². The lowest BCUT2D eigenvalue weighted by molar-refractivity contribution is 0.235. The van der Waals surface area contributed by atoms with Gasteiger partial charge in [0.15, 0.2) is 0 Å². The second-order valence-electron chi connectivity index (χ2n) is 5.82. The summed E-state index contributed by atoms with van der Waals surface area (Å²) in [6.07, 6.45) is 1.32. The highest BCUT2D eigenvalue weighted by atomic mass is 32.3. The maximum atomic E-state index is 11.0. The maximum Gasteiger partial charge on any atom is 0.206 e. The predicted molar refractivity (Wildman–Crippen MR) is 102 cm³/mol. The zero-order valence-corrected chi connectivity index (χ0v) is 15.2. The Morgan fingerprint density at radius 1 is 1.20 bits per heavy atom.